The smallest absolute Gasteiger partial charge is 0.361 e. The van der Waals surface area contributed by atoms with E-state index in [0.29, 0.717) is 0 Å². The largest absolute Gasteiger partial charge is 2.00 e. The normalized spacial score (nSPS) is 14.8. The molecule has 0 aromatic carbocycles. The van der Waals surface area contributed by atoms with E-state index in [4.69, 9.17) is 6.58 Å². The van der Waals surface area contributed by atoms with E-state index >= 15 is 0 Å². The molecule has 0 radical (unpaired) electrons. The third kappa shape index (κ3) is 2.03. The maximum atomic E-state index is 5.17. The van der Waals surface area contributed by atoms with Crippen LogP contribution in [0.4, 0.5) is 0 Å². The van der Waals surface area contributed by atoms with Crippen LogP contribution >= 0.6 is 0 Å². The molecule has 0 aliphatic heterocycles. The molecule has 0 fully saturated rings. The molecule has 0 unspecified atom stereocenters. The topological polar surface area (TPSA) is 0 Å². The van der Waals surface area contributed by atoms with Gasteiger partial charge in [0.1, 0.15) is 0 Å². The molecular formula is C7H6U. The van der Waals surface area contributed by atoms with Gasteiger partial charge in [0, 0.05) is 0 Å². The standard InChI is InChI=1S/C7H6.U/c1-2-7-5-3-4-6-7;/h1-4H,5H2;/q-2;+2. The number of allylic oxidation sites excluding steroid dienone is 5. The van der Waals surface area contributed by atoms with Crippen molar-refractivity contribution in [3.05, 3.63) is 36.5 Å². The third-order valence-corrected chi connectivity index (χ3v) is 0.926. The van der Waals surface area contributed by atoms with Crippen LogP contribution in [-0.4, -0.2) is 0 Å². The molecule has 0 aromatic rings. The molecule has 0 aromatic heterocycles. The van der Waals surface area contributed by atoms with Gasteiger partial charge in [0.05, 0.1) is 0 Å². The molecule has 0 bridgehead atoms. The summed E-state index contributed by atoms with van der Waals surface area (Å²) in [5.41, 5.74) is 1.08. The maximum absolute atomic E-state index is 5.17. The first-order valence-electron chi connectivity index (χ1n) is 2.26. The van der Waals surface area contributed by atoms with E-state index in [0.717, 1.165) is 12.0 Å². The fraction of sp³-hybridized carbons (Fsp3) is 0.143. The Hall–Kier alpha value is 0.272. The molecule has 0 nitrogen and oxygen atoms in total. The van der Waals surface area contributed by atoms with Crippen LogP contribution < -0.4 is 0 Å². The molecule has 0 saturated heterocycles. The van der Waals surface area contributed by atoms with Crippen molar-refractivity contribution in [2.24, 2.45) is 0 Å². The summed E-state index contributed by atoms with van der Waals surface area (Å²) in [6.45, 7) is 5.17. The van der Waals surface area contributed by atoms with Gasteiger partial charge in [0.2, 0.25) is 0 Å². The van der Waals surface area contributed by atoms with Crippen molar-refractivity contribution in [3.63, 3.8) is 0 Å². The monoisotopic (exact) mass is 328 g/mol. The zero-order valence-corrected chi connectivity index (χ0v) is 8.68. The van der Waals surface area contributed by atoms with E-state index in [1.165, 1.54) is 0 Å². The number of hydrogen-bond acceptors (Lipinski definition) is 0. The van der Waals surface area contributed by atoms with Crippen molar-refractivity contribution in [2.75, 3.05) is 0 Å². The van der Waals surface area contributed by atoms with E-state index in [9.17, 15) is 0 Å². The molecule has 1 aliphatic carbocycles. The molecular weight excluding hydrogens is 322 g/mol. The van der Waals surface area contributed by atoms with Crippen LogP contribution in [0.5, 0.6) is 0 Å². The fourth-order valence-corrected chi connectivity index (χ4v) is 0.527. The second kappa shape index (κ2) is 4.18. The van der Waals surface area contributed by atoms with Crippen LogP contribution in [0, 0.1) is 43.8 Å². The predicted molar refractivity (Wildman–Crippen MR) is 29.4 cm³/mol. The number of rotatable bonds is 1. The van der Waals surface area contributed by atoms with E-state index < -0.39 is 0 Å². The van der Waals surface area contributed by atoms with Crippen molar-refractivity contribution in [1.82, 2.24) is 0 Å². The summed E-state index contributed by atoms with van der Waals surface area (Å²) in [6, 6.07) is 0. The molecule has 1 heteroatoms. The van der Waals surface area contributed by atoms with Gasteiger partial charge in [-0.1, -0.05) is 0 Å². The molecule has 1 aliphatic rings. The quantitative estimate of drug-likeness (QED) is 0.643. The van der Waals surface area contributed by atoms with Crippen LogP contribution in [-0.2, 0) is 0 Å². The minimum atomic E-state index is 0. The van der Waals surface area contributed by atoms with Crippen molar-refractivity contribution >= 4 is 0 Å². The van der Waals surface area contributed by atoms with Gasteiger partial charge in [-0.15, -0.1) is 6.42 Å². The molecule has 0 saturated carbocycles. The van der Waals surface area contributed by atoms with Gasteiger partial charge in [-0.3, -0.25) is 6.08 Å². The Morgan fingerprint density at radius 1 is 1.75 bits per heavy atom. The average Bonchev–Trinajstić information content (AvgIpc) is 2.14. The van der Waals surface area contributed by atoms with Crippen molar-refractivity contribution in [3.8, 4) is 0 Å². The summed E-state index contributed by atoms with van der Waals surface area (Å²) in [4.78, 5) is 0. The van der Waals surface area contributed by atoms with Gasteiger partial charge < -0.3 is 18.2 Å². The summed E-state index contributed by atoms with van der Waals surface area (Å²) in [5, 5.41) is 0. The Morgan fingerprint density at radius 3 is 2.75 bits per heavy atom. The Labute approximate surface area is 73.7 Å². The van der Waals surface area contributed by atoms with E-state index in [1.807, 2.05) is 12.2 Å². The number of hydrogen-bond donors (Lipinski definition) is 0. The van der Waals surface area contributed by atoms with Crippen LogP contribution in [0.25, 0.3) is 0 Å². The van der Waals surface area contributed by atoms with E-state index in [2.05, 4.69) is 6.08 Å². The fourth-order valence-electron chi connectivity index (χ4n) is 0.527. The minimum absolute atomic E-state index is 0. The second-order valence-electron chi connectivity index (χ2n) is 1.44. The van der Waals surface area contributed by atoms with Crippen molar-refractivity contribution in [2.45, 2.75) is 6.42 Å². The minimum Gasteiger partial charge on any atom is -0.361 e. The van der Waals surface area contributed by atoms with Crippen molar-refractivity contribution in [1.29, 1.82) is 0 Å². The van der Waals surface area contributed by atoms with Gasteiger partial charge in [0.15, 0.2) is 0 Å². The molecule has 0 N–H and O–H groups in total. The summed E-state index contributed by atoms with van der Waals surface area (Å²) >= 11 is 0. The van der Waals surface area contributed by atoms with E-state index in [-0.39, 0.29) is 31.1 Å². The first-order valence-corrected chi connectivity index (χ1v) is 2.26. The van der Waals surface area contributed by atoms with Crippen LogP contribution in [0.2, 0.25) is 0 Å². The summed E-state index contributed by atoms with van der Waals surface area (Å²) < 4.78 is 0. The van der Waals surface area contributed by atoms with Gasteiger partial charge in [-0.05, 0) is 0 Å². The first-order chi connectivity index (χ1) is 3.43. The molecule has 0 heterocycles. The molecule has 0 spiro atoms. The second-order valence-corrected chi connectivity index (χ2v) is 1.44. The zero-order chi connectivity index (χ0) is 5.11. The SMILES string of the molecule is [CH-]=CC1=[C-]C=CC1.[U+2]. The Kier molecular flexibility index (Phi) is 4.32. The average molecular weight is 328 g/mol. The summed E-state index contributed by atoms with van der Waals surface area (Å²) in [5.74, 6) is 0. The van der Waals surface area contributed by atoms with Crippen LogP contribution in [0.1, 0.15) is 6.42 Å². The molecule has 1 rings (SSSR count). The Balaban J connectivity index is 0.000000490. The molecule has 8 heavy (non-hydrogen) atoms. The maximum Gasteiger partial charge on any atom is 2.00 e. The Bertz CT molecular complexity index is 131. The van der Waals surface area contributed by atoms with Gasteiger partial charge in [-0.2, -0.15) is 12.2 Å². The van der Waals surface area contributed by atoms with Crippen LogP contribution in [0.15, 0.2) is 23.8 Å². The van der Waals surface area contributed by atoms with Crippen molar-refractivity contribution < 1.29 is 31.1 Å². The third-order valence-electron chi connectivity index (χ3n) is 0.926. The van der Waals surface area contributed by atoms with Gasteiger partial charge in [-0.25, -0.2) is 0 Å². The summed E-state index contributed by atoms with van der Waals surface area (Å²) in [6.07, 6.45) is 9.41. The van der Waals surface area contributed by atoms with Gasteiger partial charge >= 0.3 is 31.1 Å². The van der Waals surface area contributed by atoms with E-state index in [1.54, 1.807) is 6.08 Å². The summed E-state index contributed by atoms with van der Waals surface area (Å²) in [7, 11) is 0. The zero-order valence-electron chi connectivity index (χ0n) is 4.52. The molecule has 0 atom stereocenters. The Morgan fingerprint density at radius 2 is 2.50 bits per heavy atom. The molecule has 0 amide bonds. The van der Waals surface area contributed by atoms with Crippen LogP contribution in [0.3, 0.4) is 0 Å². The first kappa shape index (κ1) is 8.27. The predicted octanol–water partition coefficient (Wildman–Crippen LogP) is 1.67. The van der Waals surface area contributed by atoms with Gasteiger partial charge in [0.25, 0.3) is 0 Å². The molecule has 38 valence electrons.